The van der Waals surface area contributed by atoms with Gasteiger partial charge in [0.1, 0.15) is 0 Å². The number of aryl methyl sites for hydroxylation is 1. The Bertz CT molecular complexity index is 313. The smallest absolute Gasteiger partial charge is 0.189 e. The van der Waals surface area contributed by atoms with Crippen LogP contribution in [0.5, 0.6) is 0 Å². The summed E-state index contributed by atoms with van der Waals surface area (Å²) in [7, 11) is 1.89. The average Bonchev–Trinajstić information content (AvgIpc) is 2.46. The summed E-state index contributed by atoms with van der Waals surface area (Å²) in [6.07, 6.45) is 1.75. The summed E-state index contributed by atoms with van der Waals surface area (Å²) < 4.78 is 1.78. The number of hydrogen-bond acceptors (Lipinski definition) is 2. The maximum Gasteiger partial charge on any atom is 0.189 e. The van der Waals surface area contributed by atoms with Gasteiger partial charge in [0.05, 0.1) is 12.2 Å². The van der Waals surface area contributed by atoms with Crippen molar-refractivity contribution in [2.75, 3.05) is 0 Å². The molecule has 1 rings (SSSR count). The summed E-state index contributed by atoms with van der Waals surface area (Å²) in [4.78, 5) is 4.19. The first-order chi connectivity index (χ1) is 6.59. The van der Waals surface area contributed by atoms with Crippen molar-refractivity contribution in [3.8, 4) is 0 Å². The van der Waals surface area contributed by atoms with Crippen molar-refractivity contribution in [1.29, 1.82) is 0 Å². The van der Waals surface area contributed by atoms with E-state index >= 15 is 0 Å². The van der Waals surface area contributed by atoms with Crippen molar-refractivity contribution < 1.29 is 0 Å². The number of nitrogens with zero attached hydrogens (tertiary/aromatic N) is 3. The standard InChI is InChI=1S/C9H17N5/c1-7(2)13-9(10)11-6-8-4-5-12-14(8)3/h4-5,7H,6H2,1-3H3,(H3,10,11,13). The van der Waals surface area contributed by atoms with Gasteiger partial charge >= 0.3 is 0 Å². The van der Waals surface area contributed by atoms with Crippen LogP contribution in [0, 0.1) is 0 Å². The van der Waals surface area contributed by atoms with Gasteiger partial charge in [-0.3, -0.25) is 4.68 Å². The van der Waals surface area contributed by atoms with Crippen LogP contribution in [0.3, 0.4) is 0 Å². The highest BCUT2D eigenvalue weighted by molar-refractivity contribution is 5.77. The molecule has 0 spiro atoms. The molecule has 0 aliphatic carbocycles. The average molecular weight is 195 g/mol. The summed E-state index contributed by atoms with van der Waals surface area (Å²) in [6.45, 7) is 4.60. The summed E-state index contributed by atoms with van der Waals surface area (Å²) in [5.74, 6) is 0.473. The second-order valence-corrected chi connectivity index (χ2v) is 3.45. The molecule has 0 bridgehead atoms. The first kappa shape index (κ1) is 10.6. The Hall–Kier alpha value is -1.52. The molecule has 0 unspecified atom stereocenters. The molecular formula is C9H17N5. The molecule has 5 nitrogen and oxygen atoms in total. The number of aliphatic imine (C=N–C) groups is 1. The zero-order chi connectivity index (χ0) is 10.6. The molecular weight excluding hydrogens is 178 g/mol. The van der Waals surface area contributed by atoms with Crippen LogP contribution in [0.15, 0.2) is 17.3 Å². The highest BCUT2D eigenvalue weighted by Gasteiger charge is 1.98. The molecule has 0 atom stereocenters. The topological polar surface area (TPSA) is 68.2 Å². The van der Waals surface area contributed by atoms with Crippen LogP contribution in [0.25, 0.3) is 0 Å². The minimum Gasteiger partial charge on any atom is -0.370 e. The molecule has 0 radical (unpaired) electrons. The minimum absolute atomic E-state index is 0.310. The van der Waals surface area contributed by atoms with Crippen LogP contribution in [-0.4, -0.2) is 21.8 Å². The largest absolute Gasteiger partial charge is 0.370 e. The number of hydrogen-bond donors (Lipinski definition) is 2. The fourth-order valence-corrected chi connectivity index (χ4v) is 1.06. The van der Waals surface area contributed by atoms with E-state index in [4.69, 9.17) is 5.73 Å². The van der Waals surface area contributed by atoms with E-state index in [0.29, 0.717) is 18.5 Å². The lowest BCUT2D eigenvalue weighted by Gasteiger charge is -2.08. The van der Waals surface area contributed by atoms with E-state index in [1.165, 1.54) is 0 Å². The fraction of sp³-hybridized carbons (Fsp3) is 0.556. The van der Waals surface area contributed by atoms with E-state index in [9.17, 15) is 0 Å². The van der Waals surface area contributed by atoms with E-state index < -0.39 is 0 Å². The molecule has 1 aromatic heterocycles. The van der Waals surface area contributed by atoms with Crippen LogP contribution in [0.2, 0.25) is 0 Å². The normalized spacial score (nSPS) is 12.1. The first-order valence-electron chi connectivity index (χ1n) is 4.63. The number of rotatable bonds is 3. The van der Waals surface area contributed by atoms with Crippen molar-refractivity contribution in [3.63, 3.8) is 0 Å². The summed E-state index contributed by atoms with van der Waals surface area (Å²) in [6, 6.07) is 2.23. The lowest BCUT2D eigenvalue weighted by atomic mass is 10.4. The van der Waals surface area contributed by atoms with E-state index in [0.717, 1.165) is 5.69 Å². The van der Waals surface area contributed by atoms with Crippen molar-refractivity contribution in [1.82, 2.24) is 15.1 Å². The Kier molecular flexibility index (Phi) is 3.50. The van der Waals surface area contributed by atoms with E-state index in [-0.39, 0.29) is 0 Å². The molecule has 14 heavy (non-hydrogen) atoms. The molecule has 0 aliphatic rings. The maximum absolute atomic E-state index is 5.65. The zero-order valence-electron chi connectivity index (χ0n) is 8.86. The predicted molar refractivity (Wildman–Crippen MR) is 56.8 cm³/mol. The molecule has 5 heteroatoms. The number of guanidine groups is 1. The molecule has 0 fully saturated rings. The third-order valence-corrected chi connectivity index (χ3v) is 1.77. The summed E-state index contributed by atoms with van der Waals surface area (Å²) in [5.41, 5.74) is 6.69. The third-order valence-electron chi connectivity index (χ3n) is 1.77. The Balaban J connectivity index is 2.50. The lowest BCUT2D eigenvalue weighted by Crippen LogP contribution is -2.36. The SMILES string of the molecule is CC(C)NC(N)=NCc1ccnn1C. The molecule has 0 aromatic carbocycles. The van der Waals surface area contributed by atoms with Crippen molar-refractivity contribution in [3.05, 3.63) is 18.0 Å². The molecule has 3 N–H and O–H groups in total. The molecule has 0 aliphatic heterocycles. The monoisotopic (exact) mass is 195 g/mol. The second-order valence-electron chi connectivity index (χ2n) is 3.45. The lowest BCUT2D eigenvalue weighted by molar-refractivity contribution is 0.700. The third kappa shape index (κ3) is 3.08. The molecule has 1 aromatic rings. The van der Waals surface area contributed by atoms with Gasteiger partial charge in [0.15, 0.2) is 5.96 Å². The van der Waals surface area contributed by atoms with Crippen LogP contribution in [0.4, 0.5) is 0 Å². The fourth-order valence-electron chi connectivity index (χ4n) is 1.06. The molecule has 0 saturated carbocycles. The Morgan fingerprint density at radius 1 is 1.71 bits per heavy atom. The Morgan fingerprint density at radius 2 is 2.43 bits per heavy atom. The van der Waals surface area contributed by atoms with Gasteiger partial charge in [0.2, 0.25) is 0 Å². The zero-order valence-corrected chi connectivity index (χ0v) is 8.86. The number of nitrogens with two attached hydrogens (primary N) is 1. The van der Waals surface area contributed by atoms with Crippen LogP contribution < -0.4 is 11.1 Å². The van der Waals surface area contributed by atoms with Gasteiger partial charge in [-0.25, -0.2) is 4.99 Å². The number of aromatic nitrogens is 2. The highest BCUT2D eigenvalue weighted by Crippen LogP contribution is 1.97. The number of nitrogens with one attached hydrogen (secondary N) is 1. The van der Waals surface area contributed by atoms with Gasteiger partial charge < -0.3 is 11.1 Å². The van der Waals surface area contributed by atoms with Gasteiger partial charge in [-0.15, -0.1) is 0 Å². The Morgan fingerprint density at radius 3 is 2.93 bits per heavy atom. The molecule has 78 valence electrons. The maximum atomic E-state index is 5.65. The Labute approximate surface area is 84.0 Å². The van der Waals surface area contributed by atoms with Crippen LogP contribution in [-0.2, 0) is 13.6 Å². The first-order valence-corrected chi connectivity index (χ1v) is 4.63. The molecule has 1 heterocycles. The second kappa shape index (κ2) is 4.64. The predicted octanol–water partition coefficient (Wildman–Crippen LogP) is 0.233. The van der Waals surface area contributed by atoms with E-state index in [2.05, 4.69) is 15.4 Å². The van der Waals surface area contributed by atoms with Gasteiger partial charge in [-0.05, 0) is 19.9 Å². The molecule has 0 amide bonds. The van der Waals surface area contributed by atoms with Crippen molar-refractivity contribution in [2.24, 2.45) is 17.8 Å². The van der Waals surface area contributed by atoms with E-state index in [1.54, 1.807) is 10.9 Å². The summed E-state index contributed by atoms with van der Waals surface area (Å²) >= 11 is 0. The summed E-state index contributed by atoms with van der Waals surface area (Å²) in [5, 5.41) is 7.06. The highest BCUT2D eigenvalue weighted by atomic mass is 15.3. The van der Waals surface area contributed by atoms with Crippen molar-refractivity contribution >= 4 is 5.96 Å². The minimum atomic E-state index is 0.310. The molecule has 0 saturated heterocycles. The van der Waals surface area contributed by atoms with Gasteiger partial charge in [0.25, 0.3) is 0 Å². The van der Waals surface area contributed by atoms with E-state index in [1.807, 2.05) is 27.0 Å². The van der Waals surface area contributed by atoms with Gasteiger partial charge in [0, 0.05) is 19.3 Å². The van der Waals surface area contributed by atoms with Crippen molar-refractivity contribution in [2.45, 2.75) is 26.4 Å². The quantitative estimate of drug-likeness (QED) is 0.536. The van der Waals surface area contributed by atoms with Crippen LogP contribution >= 0.6 is 0 Å². The van der Waals surface area contributed by atoms with Crippen LogP contribution in [0.1, 0.15) is 19.5 Å². The van der Waals surface area contributed by atoms with Gasteiger partial charge in [-0.2, -0.15) is 5.10 Å². The van der Waals surface area contributed by atoms with Gasteiger partial charge in [-0.1, -0.05) is 0 Å².